The van der Waals surface area contributed by atoms with E-state index in [1.54, 1.807) is 6.21 Å². The zero-order valence-corrected chi connectivity index (χ0v) is 10.3. The molecule has 0 amide bonds. The van der Waals surface area contributed by atoms with Gasteiger partial charge in [-0.15, -0.1) is 5.10 Å². The summed E-state index contributed by atoms with van der Waals surface area (Å²) in [5.74, 6) is 0.646. The van der Waals surface area contributed by atoms with E-state index in [2.05, 4.69) is 27.7 Å². The first kappa shape index (κ1) is 12.6. The summed E-state index contributed by atoms with van der Waals surface area (Å²) < 4.78 is 0. The van der Waals surface area contributed by atoms with Crippen LogP contribution >= 0.6 is 0 Å². The molecule has 1 aliphatic heterocycles. The molecule has 1 aromatic carbocycles. The molecule has 0 spiro atoms. The number of nitrogens with two attached hydrogens (primary N) is 2. The van der Waals surface area contributed by atoms with Crippen molar-refractivity contribution in [2.45, 2.75) is 18.8 Å². The lowest BCUT2D eigenvalue weighted by Crippen LogP contribution is -2.26. The van der Waals surface area contributed by atoms with Crippen molar-refractivity contribution < 1.29 is 0 Å². The summed E-state index contributed by atoms with van der Waals surface area (Å²) in [6.45, 7) is 2.22. The second-order valence-corrected chi connectivity index (χ2v) is 4.46. The van der Waals surface area contributed by atoms with Gasteiger partial charge in [0.1, 0.15) is 0 Å². The molecule has 1 aliphatic rings. The van der Waals surface area contributed by atoms with Gasteiger partial charge < -0.3 is 16.8 Å². The normalized spacial score (nSPS) is 16.9. The van der Waals surface area contributed by atoms with Crippen molar-refractivity contribution in [1.29, 1.82) is 0 Å². The summed E-state index contributed by atoms with van der Waals surface area (Å²) in [5, 5.41) is 10.7. The number of hydrogen-bond donors (Lipinski definition) is 3. The van der Waals surface area contributed by atoms with E-state index in [0.717, 1.165) is 18.7 Å². The lowest BCUT2D eigenvalue weighted by Gasteiger charge is -2.22. The molecule has 96 valence electrons. The smallest absolute Gasteiger partial charge is 0.211 e. The van der Waals surface area contributed by atoms with Crippen LogP contribution in [0.5, 0.6) is 0 Å². The molecule has 5 N–H and O–H groups in total. The largest absolute Gasteiger partial charge is 0.369 e. The van der Waals surface area contributed by atoms with Gasteiger partial charge in [0.15, 0.2) is 0 Å². The minimum atomic E-state index is -0.0300. The SMILES string of the molecule is NC(N)=N/N=C/c1ccc(C2CCNCC2)cc1. The highest BCUT2D eigenvalue weighted by Gasteiger charge is 2.14. The third-order valence-corrected chi connectivity index (χ3v) is 3.13. The minimum absolute atomic E-state index is 0.0300. The molecule has 2 rings (SSSR count). The van der Waals surface area contributed by atoms with E-state index in [9.17, 15) is 0 Å². The van der Waals surface area contributed by atoms with Gasteiger partial charge in [0.05, 0.1) is 6.21 Å². The van der Waals surface area contributed by atoms with Crippen molar-refractivity contribution in [2.24, 2.45) is 21.7 Å². The number of piperidine rings is 1. The van der Waals surface area contributed by atoms with Gasteiger partial charge in [-0.25, -0.2) is 0 Å². The molecule has 1 heterocycles. The summed E-state index contributed by atoms with van der Waals surface area (Å²) in [7, 11) is 0. The van der Waals surface area contributed by atoms with Gasteiger partial charge in [-0.2, -0.15) is 5.10 Å². The lowest BCUT2D eigenvalue weighted by molar-refractivity contribution is 0.460. The molecular formula is C13H19N5. The number of nitrogens with one attached hydrogen (secondary N) is 1. The Morgan fingerprint density at radius 2 is 1.83 bits per heavy atom. The second-order valence-electron chi connectivity index (χ2n) is 4.46. The highest BCUT2D eigenvalue weighted by molar-refractivity contribution is 5.81. The maximum absolute atomic E-state index is 5.19. The van der Waals surface area contributed by atoms with Crippen molar-refractivity contribution in [1.82, 2.24) is 5.32 Å². The Balaban J connectivity index is 2.00. The van der Waals surface area contributed by atoms with Crippen LogP contribution in [0.15, 0.2) is 34.5 Å². The van der Waals surface area contributed by atoms with Crippen LogP contribution in [0.3, 0.4) is 0 Å². The molecule has 18 heavy (non-hydrogen) atoms. The Labute approximate surface area is 107 Å². The van der Waals surface area contributed by atoms with E-state index in [0.29, 0.717) is 5.92 Å². The quantitative estimate of drug-likeness (QED) is 0.417. The average Bonchev–Trinajstić information content (AvgIpc) is 2.40. The van der Waals surface area contributed by atoms with Crippen molar-refractivity contribution in [2.75, 3.05) is 13.1 Å². The zero-order chi connectivity index (χ0) is 12.8. The van der Waals surface area contributed by atoms with Gasteiger partial charge in [-0.1, -0.05) is 24.3 Å². The van der Waals surface area contributed by atoms with E-state index in [1.165, 1.54) is 18.4 Å². The number of benzene rings is 1. The summed E-state index contributed by atoms with van der Waals surface area (Å²) in [5.41, 5.74) is 12.8. The van der Waals surface area contributed by atoms with Crippen LogP contribution in [-0.4, -0.2) is 25.3 Å². The van der Waals surface area contributed by atoms with Gasteiger partial charge in [0, 0.05) is 0 Å². The zero-order valence-electron chi connectivity index (χ0n) is 10.3. The van der Waals surface area contributed by atoms with Gasteiger partial charge >= 0.3 is 0 Å². The Hall–Kier alpha value is -1.88. The molecule has 1 aromatic rings. The summed E-state index contributed by atoms with van der Waals surface area (Å²) in [6, 6.07) is 8.41. The lowest BCUT2D eigenvalue weighted by atomic mass is 9.90. The molecule has 0 saturated carbocycles. The Morgan fingerprint density at radius 1 is 1.17 bits per heavy atom. The average molecular weight is 245 g/mol. The third kappa shape index (κ3) is 3.56. The van der Waals surface area contributed by atoms with Crippen LogP contribution in [0.1, 0.15) is 29.9 Å². The Morgan fingerprint density at radius 3 is 2.44 bits per heavy atom. The summed E-state index contributed by atoms with van der Waals surface area (Å²) in [4.78, 5) is 0. The molecule has 1 fully saturated rings. The van der Waals surface area contributed by atoms with Crippen LogP contribution in [0, 0.1) is 0 Å². The molecule has 0 radical (unpaired) electrons. The standard InChI is InChI=1S/C13H19N5/c14-13(15)18-17-9-10-1-3-11(4-2-10)12-5-7-16-8-6-12/h1-4,9,12,16H,5-8H2,(H4,14,15,18)/b17-9+. The molecule has 0 aromatic heterocycles. The van der Waals surface area contributed by atoms with Crippen LogP contribution in [0.2, 0.25) is 0 Å². The maximum Gasteiger partial charge on any atom is 0.211 e. The monoisotopic (exact) mass is 245 g/mol. The van der Waals surface area contributed by atoms with Crippen molar-refractivity contribution in [3.8, 4) is 0 Å². The first-order valence-corrected chi connectivity index (χ1v) is 6.18. The molecule has 0 bridgehead atoms. The fraction of sp³-hybridized carbons (Fsp3) is 0.385. The Kier molecular flexibility index (Phi) is 4.30. The molecule has 0 atom stereocenters. The van der Waals surface area contributed by atoms with Crippen LogP contribution in [0.4, 0.5) is 0 Å². The highest BCUT2D eigenvalue weighted by atomic mass is 15.3. The molecular weight excluding hydrogens is 226 g/mol. The van der Waals surface area contributed by atoms with Gasteiger partial charge in [-0.05, 0) is 43.0 Å². The van der Waals surface area contributed by atoms with Gasteiger partial charge in [0.2, 0.25) is 5.96 Å². The first-order valence-electron chi connectivity index (χ1n) is 6.18. The molecule has 0 aliphatic carbocycles. The predicted octanol–water partition coefficient (Wildman–Crippen LogP) is 0.761. The molecule has 1 saturated heterocycles. The number of hydrogen-bond acceptors (Lipinski definition) is 3. The highest BCUT2D eigenvalue weighted by Crippen LogP contribution is 2.24. The fourth-order valence-corrected chi connectivity index (χ4v) is 2.17. The van der Waals surface area contributed by atoms with E-state index in [4.69, 9.17) is 11.5 Å². The molecule has 5 heteroatoms. The van der Waals surface area contributed by atoms with E-state index in [-0.39, 0.29) is 5.96 Å². The van der Waals surface area contributed by atoms with Crippen LogP contribution < -0.4 is 16.8 Å². The third-order valence-electron chi connectivity index (χ3n) is 3.13. The molecule has 5 nitrogen and oxygen atoms in total. The number of nitrogens with zero attached hydrogens (tertiary/aromatic N) is 2. The number of rotatable bonds is 3. The van der Waals surface area contributed by atoms with E-state index >= 15 is 0 Å². The van der Waals surface area contributed by atoms with Crippen molar-refractivity contribution >= 4 is 12.2 Å². The van der Waals surface area contributed by atoms with Crippen molar-refractivity contribution in [3.05, 3.63) is 35.4 Å². The van der Waals surface area contributed by atoms with Crippen LogP contribution in [0.25, 0.3) is 0 Å². The minimum Gasteiger partial charge on any atom is -0.369 e. The van der Waals surface area contributed by atoms with Gasteiger partial charge in [-0.3, -0.25) is 0 Å². The van der Waals surface area contributed by atoms with Crippen LogP contribution in [-0.2, 0) is 0 Å². The Bertz CT molecular complexity index is 425. The predicted molar refractivity (Wildman–Crippen MR) is 74.7 cm³/mol. The summed E-state index contributed by atoms with van der Waals surface area (Å²) >= 11 is 0. The molecule has 0 unspecified atom stereocenters. The summed E-state index contributed by atoms with van der Waals surface area (Å²) in [6.07, 6.45) is 4.06. The van der Waals surface area contributed by atoms with Crippen molar-refractivity contribution in [3.63, 3.8) is 0 Å². The number of guanidine groups is 1. The second kappa shape index (κ2) is 6.16. The van der Waals surface area contributed by atoms with Gasteiger partial charge in [0.25, 0.3) is 0 Å². The van der Waals surface area contributed by atoms with E-state index in [1.807, 2.05) is 12.1 Å². The first-order chi connectivity index (χ1) is 8.75. The topological polar surface area (TPSA) is 88.8 Å². The fourth-order valence-electron chi connectivity index (χ4n) is 2.17. The maximum atomic E-state index is 5.19. The van der Waals surface area contributed by atoms with E-state index < -0.39 is 0 Å².